The molecular formula is C17H16ClFN2O. The van der Waals surface area contributed by atoms with Gasteiger partial charge < -0.3 is 4.90 Å². The van der Waals surface area contributed by atoms with E-state index in [1.165, 1.54) is 6.07 Å². The van der Waals surface area contributed by atoms with Crippen LogP contribution < -0.4 is 0 Å². The minimum atomic E-state index is -0.386. The molecule has 1 aliphatic rings. The Labute approximate surface area is 133 Å². The summed E-state index contributed by atoms with van der Waals surface area (Å²) < 4.78 is 14.0. The van der Waals surface area contributed by atoms with Gasteiger partial charge >= 0.3 is 0 Å². The number of halogens is 2. The van der Waals surface area contributed by atoms with Gasteiger partial charge in [0.2, 0.25) is 0 Å². The topological polar surface area (TPSA) is 33.2 Å². The lowest BCUT2D eigenvalue weighted by atomic mass is 10.1. The number of aromatic nitrogens is 1. The molecule has 1 aromatic carbocycles. The van der Waals surface area contributed by atoms with Crippen molar-refractivity contribution in [3.05, 3.63) is 64.2 Å². The van der Waals surface area contributed by atoms with Crippen LogP contribution in [-0.2, 0) is 6.54 Å². The highest BCUT2D eigenvalue weighted by Crippen LogP contribution is 2.31. The Bertz CT molecular complexity index is 695. The summed E-state index contributed by atoms with van der Waals surface area (Å²) in [5, 5.41) is 0.343. The van der Waals surface area contributed by atoms with Crippen LogP contribution in [0.25, 0.3) is 0 Å². The van der Waals surface area contributed by atoms with E-state index in [0.717, 1.165) is 18.5 Å². The zero-order chi connectivity index (χ0) is 15.7. The van der Waals surface area contributed by atoms with Gasteiger partial charge in [0.05, 0.1) is 6.54 Å². The molecule has 1 fully saturated rings. The summed E-state index contributed by atoms with van der Waals surface area (Å²) in [6.45, 7) is 2.01. The van der Waals surface area contributed by atoms with E-state index >= 15 is 0 Å². The Morgan fingerprint density at radius 1 is 1.32 bits per heavy atom. The first-order valence-electron chi connectivity index (χ1n) is 7.24. The summed E-state index contributed by atoms with van der Waals surface area (Å²) in [6, 6.07) is 10.0. The van der Waals surface area contributed by atoms with Gasteiger partial charge in [-0.1, -0.05) is 23.7 Å². The van der Waals surface area contributed by atoms with Crippen molar-refractivity contribution in [3.63, 3.8) is 0 Å². The Morgan fingerprint density at radius 3 is 2.68 bits per heavy atom. The van der Waals surface area contributed by atoms with Gasteiger partial charge in [-0.25, -0.2) is 9.37 Å². The predicted molar refractivity (Wildman–Crippen MR) is 83.3 cm³/mol. The van der Waals surface area contributed by atoms with Crippen molar-refractivity contribution in [2.24, 2.45) is 0 Å². The summed E-state index contributed by atoms with van der Waals surface area (Å²) in [6.07, 6.45) is 1.87. The lowest BCUT2D eigenvalue weighted by molar-refractivity contribution is 0.0722. The number of hydrogen-bond acceptors (Lipinski definition) is 2. The van der Waals surface area contributed by atoms with E-state index in [0.29, 0.717) is 16.3 Å². The van der Waals surface area contributed by atoms with Gasteiger partial charge in [0, 0.05) is 22.3 Å². The fourth-order valence-corrected chi connectivity index (χ4v) is 2.64. The third kappa shape index (κ3) is 3.12. The van der Waals surface area contributed by atoms with E-state index in [1.807, 2.05) is 13.0 Å². The van der Waals surface area contributed by atoms with Crippen LogP contribution in [0.4, 0.5) is 4.39 Å². The highest BCUT2D eigenvalue weighted by Gasteiger charge is 2.34. The van der Waals surface area contributed by atoms with Gasteiger partial charge in [-0.15, -0.1) is 0 Å². The average molecular weight is 319 g/mol. The number of carbonyl (C=O) groups is 1. The summed E-state index contributed by atoms with van der Waals surface area (Å²) >= 11 is 6.08. The standard InChI is InChI=1S/C17H16ClFN2O/c1-11-4-2-7-16(20-11)17(22)21(12-8-9-12)10-13-14(18)5-3-6-15(13)19/h2-7,12H,8-10H2,1H3. The molecular weight excluding hydrogens is 303 g/mol. The SMILES string of the molecule is Cc1cccc(C(=O)N(Cc2c(F)cccc2Cl)C2CC2)n1. The maximum atomic E-state index is 14.0. The minimum absolute atomic E-state index is 0.144. The molecule has 0 radical (unpaired) electrons. The maximum Gasteiger partial charge on any atom is 0.273 e. The highest BCUT2D eigenvalue weighted by atomic mass is 35.5. The molecule has 5 heteroatoms. The van der Waals surface area contributed by atoms with Crippen molar-refractivity contribution >= 4 is 17.5 Å². The first kappa shape index (κ1) is 15.0. The second kappa shape index (κ2) is 6.05. The van der Waals surface area contributed by atoms with Gasteiger partial charge in [-0.2, -0.15) is 0 Å². The second-order valence-electron chi connectivity index (χ2n) is 5.53. The van der Waals surface area contributed by atoms with Crippen LogP contribution in [0.2, 0.25) is 5.02 Å². The Balaban J connectivity index is 1.89. The molecule has 3 rings (SSSR count). The number of amides is 1. The monoisotopic (exact) mass is 318 g/mol. The summed E-state index contributed by atoms with van der Waals surface area (Å²) in [4.78, 5) is 18.6. The van der Waals surface area contributed by atoms with Crippen LogP contribution >= 0.6 is 11.6 Å². The number of carbonyl (C=O) groups excluding carboxylic acids is 1. The van der Waals surface area contributed by atoms with E-state index in [4.69, 9.17) is 11.6 Å². The molecule has 0 saturated heterocycles. The molecule has 0 spiro atoms. The molecule has 3 nitrogen and oxygen atoms in total. The third-order valence-electron chi connectivity index (χ3n) is 3.75. The Hall–Kier alpha value is -1.94. The number of benzene rings is 1. The van der Waals surface area contributed by atoms with E-state index < -0.39 is 0 Å². The van der Waals surface area contributed by atoms with Crippen molar-refractivity contribution < 1.29 is 9.18 Å². The fraction of sp³-hybridized carbons (Fsp3) is 0.294. The molecule has 1 aliphatic carbocycles. The first-order chi connectivity index (χ1) is 10.6. The molecule has 0 unspecified atom stereocenters. The van der Waals surface area contributed by atoms with Crippen LogP contribution in [-0.4, -0.2) is 21.8 Å². The fourth-order valence-electron chi connectivity index (χ4n) is 2.42. The van der Waals surface area contributed by atoms with Crippen molar-refractivity contribution in [1.29, 1.82) is 0 Å². The molecule has 0 bridgehead atoms. The number of rotatable bonds is 4. The van der Waals surface area contributed by atoms with Crippen molar-refractivity contribution in [3.8, 4) is 0 Å². The van der Waals surface area contributed by atoms with Crippen LogP contribution in [0.15, 0.2) is 36.4 Å². The lowest BCUT2D eigenvalue weighted by Crippen LogP contribution is -2.33. The number of pyridine rings is 1. The molecule has 1 amide bonds. The predicted octanol–water partition coefficient (Wildman–Crippen LogP) is 3.99. The Morgan fingerprint density at radius 2 is 2.05 bits per heavy atom. The molecule has 0 aliphatic heterocycles. The molecule has 1 saturated carbocycles. The molecule has 1 aromatic heterocycles. The van der Waals surface area contributed by atoms with E-state index in [1.54, 1.807) is 29.2 Å². The zero-order valence-corrected chi connectivity index (χ0v) is 13.0. The molecule has 2 aromatic rings. The van der Waals surface area contributed by atoms with Crippen LogP contribution in [0.5, 0.6) is 0 Å². The first-order valence-corrected chi connectivity index (χ1v) is 7.61. The van der Waals surface area contributed by atoms with Gasteiger partial charge in [0.25, 0.3) is 5.91 Å². The molecule has 1 heterocycles. The van der Waals surface area contributed by atoms with Crippen LogP contribution in [0.1, 0.15) is 34.6 Å². The number of nitrogens with zero attached hydrogens (tertiary/aromatic N) is 2. The molecule has 114 valence electrons. The van der Waals surface area contributed by atoms with E-state index in [-0.39, 0.29) is 24.3 Å². The second-order valence-corrected chi connectivity index (χ2v) is 5.94. The number of aryl methyl sites for hydroxylation is 1. The van der Waals surface area contributed by atoms with Gasteiger partial charge in [0.1, 0.15) is 11.5 Å². The highest BCUT2D eigenvalue weighted by molar-refractivity contribution is 6.31. The largest absolute Gasteiger partial charge is 0.330 e. The quantitative estimate of drug-likeness (QED) is 0.854. The summed E-state index contributed by atoms with van der Waals surface area (Å²) in [7, 11) is 0. The van der Waals surface area contributed by atoms with Crippen LogP contribution in [0, 0.1) is 12.7 Å². The van der Waals surface area contributed by atoms with Crippen LogP contribution in [0.3, 0.4) is 0 Å². The van der Waals surface area contributed by atoms with E-state index in [2.05, 4.69) is 4.98 Å². The average Bonchev–Trinajstić information content (AvgIpc) is 3.31. The lowest BCUT2D eigenvalue weighted by Gasteiger charge is -2.23. The van der Waals surface area contributed by atoms with Gasteiger partial charge in [-0.05, 0) is 44.0 Å². The normalized spacial score (nSPS) is 14.0. The van der Waals surface area contributed by atoms with Crippen molar-refractivity contribution in [2.75, 3.05) is 0 Å². The maximum absolute atomic E-state index is 14.0. The van der Waals surface area contributed by atoms with Crippen molar-refractivity contribution in [1.82, 2.24) is 9.88 Å². The van der Waals surface area contributed by atoms with Gasteiger partial charge in [0.15, 0.2) is 0 Å². The van der Waals surface area contributed by atoms with Crippen molar-refractivity contribution in [2.45, 2.75) is 32.4 Å². The molecule has 0 atom stereocenters. The molecule has 22 heavy (non-hydrogen) atoms. The molecule has 0 N–H and O–H groups in total. The summed E-state index contributed by atoms with van der Waals surface area (Å²) in [5.74, 6) is -0.561. The smallest absolute Gasteiger partial charge is 0.273 e. The van der Waals surface area contributed by atoms with E-state index in [9.17, 15) is 9.18 Å². The zero-order valence-electron chi connectivity index (χ0n) is 12.2. The summed E-state index contributed by atoms with van der Waals surface area (Å²) in [5.41, 5.74) is 1.53. The third-order valence-corrected chi connectivity index (χ3v) is 4.10. The number of hydrogen-bond donors (Lipinski definition) is 0. The van der Waals surface area contributed by atoms with Gasteiger partial charge in [-0.3, -0.25) is 4.79 Å². The minimum Gasteiger partial charge on any atom is -0.330 e. The Kier molecular flexibility index (Phi) is 4.12.